The van der Waals surface area contributed by atoms with Gasteiger partial charge in [-0.15, -0.1) is 0 Å². The minimum absolute atomic E-state index is 0.454. The number of para-hydroxylation sites is 3. The molecule has 0 fully saturated rings. The van der Waals surface area contributed by atoms with Crippen molar-refractivity contribution in [3.8, 4) is 22.3 Å². The number of amidine groups is 2. The highest BCUT2D eigenvalue weighted by Gasteiger charge is 2.26. The van der Waals surface area contributed by atoms with Crippen LogP contribution in [-0.4, -0.2) is 11.7 Å². The van der Waals surface area contributed by atoms with Gasteiger partial charge in [0.1, 0.15) is 34.3 Å². The summed E-state index contributed by atoms with van der Waals surface area (Å²) in [5.74, 6) is 1.43. The lowest BCUT2D eigenvalue weighted by Gasteiger charge is -2.25. The minimum Gasteiger partial charge on any atom is -0.456 e. The van der Waals surface area contributed by atoms with Gasteiger partial charge in [0.2, 0.25) is 0 Å². The molecule has 1 aliphatic rings. The monoisotopic (exact) mass is 643 g/mol. The van der Waals surface area contributed by atoms with Gasteiger partial charge in [-0.1, -0.05) is 140 Å². The van der Waals surface area contributed by atoms with Crippen molar-refractivity contribution >= 4 is 55.5 Å². The van der Waals surface area contributed by atoms with Crippen LogP contribution in [0.3, 0.4) is 0 Å². The van der Waals surface area contributed by atoms with Gasteiger partial charge in [-0.2, -0.15) is 0 Å². The molecule has 236 valence electrons. The van der Waals surface area contributed by atoms with E-state index >= 15 is 0 Å². The fraction of sp³-hybridized carbons (Fsp3) is 0.0222. The van der Waals surface area contributed by atoms with Crippen molar-refractivity contribution in [2.75, 3.05) is 0 Å². The second kappa shape index (κ2) is 11.5. The number of aliphatic imine (C=N–C) groups is 2. The molecule has 50 heavy (non-hydrogen) atoms. The number of furan rings is 2. The maximum Gasteiger partial charge on any atom is 0.159 e. The van der Waals surface area contributed by atoms with Crippen molar-refractivity contribution < 1.29 is 8.83 Å². The van der Waals surface area contributed by atoms with Crippen molar-refractivity contribution in [2.24, 2.45) is 9.98 Å². The van der Waals surface area contributed by atoms with E-state index in [1.165, 1.54) is 5.56 Å². The van der Waals surface area contributed by atoms with Gasteiger partial charge < -0.3 is 14.2 Å². The first kappa shape index (κ1) is 28.3. The summed E-state index contributed by atoms with van der Waals surface area (Å²) in [6.07, 6.45) is -0.454. The number of nitrogens with one attached hydrogen (secondary N) is 1. The molecule has 5 heteroatoms. The normalized spacial score (nSPS) is 14.6. The molecular formula is C45H29N3O2. The van der Waals surface area contributed by atoms with Gasteiger partial charge >= 0.3 is 0 Å². The highest BCUT2D eigenvalue weighted by atomic mass is 16.3. The molecule has 1 unspecified atom stereocenters. The molecule has 10 rings (SSSR count). The zero-order valence-corrected chi connectivity index (χ0v) is 26.9. The van der Waals surface area contributed by atoms with Crippen LogP contribution in [0.2, 0.25) is 0 Å². The van der Waals surface area contributed by atoms with E-state index in [9.17, 15) is 0 Å². The van der Waals surface area contributed by atoms with Crippen molar-refractivity contribution in [3.05, 3.63) is 180 Å². The van der Waals surface area contributed by atoms with Gasteiger partial charge in [-0.3, -0.25) is 0 Å². The Bertz CT molecular complexity index is 2770. The summed E-state index contributed by atoms with van der Waals surface area (Å²) in [7, 11) is 0. The Labute approximate surface area is 287 Å². The first-order valence-corrected chi connectivity index (χ1v) is 16.8. The topological polar surface area (TPSA) is 63.0 Å². The van der Waals surface area contributed by atoms with Gasteiger partial charge in [0, 0.05) is 43.8 Å². The zero-order valence-electron chi connectivity index (χ0n) is 26.9. The molecule has 7 aromatic carbocycles. The lowest BCUT2D eigenvalue weighted by atomic mass is 9.95. The molecule has 0 bridgehead atoms. The fourth-order valence-electron chi connectivity index (χ4n) is 7.16. The van der Waals surface area contributed by atoms with E-state index in [0.717, 1.165) is 83.1 Å². The molecule has 1 aliphatic heterocycles. The Hall–Kier alpha value is -6.72. The van der Waals surface area contributed by atoms with Crippen molar-refractivity contribution in [1.29, 1.82) is 0 Å². The zero-order chi connectivity index (χ0) is 33.0. The molecule has 0 amide bonds. The molecule has 2 aromatic heterocycles. The fourth-order valence-corrected chi connectivity index (χ4v) is 7.16. The molecule has 0 radical (unpaired) electrons. The van der Waals surface area contributed by atoms with E-state index in [2.05, 4.69) is 115 Å². The second-order valence-corrected chi connectivity index (χ2v) is 12.6. The Morgan fingerprint density at radius 1 is 0.460 bits per heavy atom. The minimum atomic E-state index is -0.454. The lowest BCUT2D eigenvalue weighted by Crippen LogP contribution is -2.33. The van der Waals surface area contributed by atoms with Crippen molar-refractivity contribution in [2.45, 2.75) is 6.17 Å². The molecule has 0 aliphatic carbocycles. The molecule has 5 nitrogen and oxygen atoms in total. The van der Waals surface area contributed by atoms with E-state index in [1.54, 1.807) is 0 Å². The first-order chi connectivity index (χ1) is 24.8. The lowest BCUT2D eigenvalue weighted by molar-refractivity contribution is 0.662. The third kappa shape index (κ3) is 4.71. The molecule has 1 atom stereocenters. The summed E-state index contributed by atoms with van der Waals surface area (Å²) in [6, 6.07) is 56.2. The summed E-state index contributed by atoms with van der Waals surface area (Å²) < 4.78 is 13.1. The average Bonchev–Trinajstić information content (AvgIpc) is 3.77. The highest BCUT2D eigenvalue weighted by molar-refractivity contribution is 6.15. The number of hydrogen-bond acceptors (Lipinski definition) is 5. The summed E-state index contributed by atoms with van der Waals surface area (Å²) in [5, 5.41) is 7.97. The third-order valence-corrected chi connectivity index (χ3v) is 9.56. The Morgan fingerprint density at radius 3 is 1.86 bits per heavy atom. The number of benzene rings is 7. The van der Waals surface area contributed by atoms with Gasteiger partial charge in [0.25, 0.3) is 0 Å². The van der Waals surface area contributed by atoms with Gasteiger partial charge in [-0.25, -0.2) is 9.98 Å². The predicted octanol–water partition coefficient (Wildman–Crippen LogP) is 11.3. The molecule has 0 saturated heterocycles. The van der Waals surface area contributed by atoms with Crippen LogP contribution in [0.15, 0.2) is 183 Å². The van der Waals surface area contributed by atoms with Crippen LogP contribution in [0.25, 0.3) is 66.1 Å². The second-order valence-electron chi connectivity index (χ2n) is 12.6. The van der Waals surface area contributed by atoms with E-state index in [1.807, 2.05) is 54.6 Å². The standard InChI is InChI=1S/C45H29N3O2/c1-3-12-28(13-4-1)29-22-24-31(25-23-29)44-46-43(30-14-5-2-6-15-30)47-45(48-44)37-26-32(27-40-41(37)36-17-8-10-21-39(36)49-40)33-18-11-19-35-34-16-7-9-20-38(34)50-42(33)35/h1-27,45H,(H,46,47,48). The maximum absolute atomic E-state index is 6.56. The van der Waals surface area contributed by atoms with E-state index in [0.29, 0.717) is 5.84 Å². The molecule has 0 saturated carbocycles. The van der Waals surface area contributed by atoms with Gasteiger partial charge in [0.05, 0.1) is 0 Å². The van der Waals surface area contributed by atoms with Crippen LogP contribution in [0.5, 0.6) is 0 Å². The molecule has 9 aromatic rings. The Morgan fingerprint density at radius 2 is 1.08 bits per heavy atom. The number of hydrogen-bond donors (Lipinski definition) is 1. The summed E-state index contributed by atoms with van der Waals surface area (Å²) in [4.78, 5) is 10.4. The van der Waals surface area contributed by atoms with Gasteiger partial charge in [-0.05, 0) is 41.0 Å². The summed E-state index contributed by atoms with van der Waals surface area (Å²) >= 11 is 0. The predicted molar refractivity (Wildman–Crippen MR) is 204 cm³/mol. The van der Waals surface area contributed by atoms with E-state index in [4.69, 9.17) is 18.8 Å². The number of fused-ring (bicyclic) bond motifs is 6. The van der Waals surface area contributed by atoms with Crippen LogP contribution in [0.4, 0.5) is 0 Å². The number of nitrogens with zero attached hydrogens (tertiary/aromatic N) is 2. The third-order valence-electron chi connectivity index (χ3n) is 9.56. The number of rotatable bonds is 5. The molecule has 1 N–H and O–H groups in total. The van der Waals surface area contributed by atoms with Crippen LogP contribution >= 0.6 is 0 Å². The smallest absolute Gasteiger partial charge is 0.159 e. The Kier molecular flexibility index (Phi) is 6.49. The van der Waals surface area contributed by atoms with E-state index < -0.39 is 6.17 Å². The van der Waals surface area contributed by atoms with E-state index in [-0.39, 0.29) is 0 Å². The van der Waals surface area contributed by atoms with Crippen molar-refractivity contribution in [1.82, 2.24) is 5.32 Å². The molecular weight excluding hydrogens is 615 g/mol. The van der Waals surface area contributed by atoms with Crippen LogP contribution < -0.4 is 5.32 Å². The van der Waals surface area contributed by atoms with Crippen molar-refractivity contribution in [3.63, 3.8) is 0 Å². The maximum atomic E-state index is 6.56. The first-order valence-electron chi connectivity index (χ1n) is 16.8. The van der Waals surface area contributed by atoms with Gasteiger partial charge in [0.15, 0.2) is 5.84 Å². The van der Waals surface area contributed by atoms with Crippen LogP contribution in [-0.2, 0) is 0 Å². The molecule has 0 spiro atoms. The quantitative estimate of drug-likeness (QED) is 0.203. The highest BCUT2D eigenvalue weighted by Crippen LogP contribution is 2.42. The largest absolute Gasteiger partial charge is 0.456 e. The SMILES string of the molecule is c1ccc(C2=NC(c3cc(-c4cccc5c4oc4ccccc45)cc4oc5ccccc5c34)NC(c3ccc(-c4ccccc4)cc3)=N2)cc1. The summed E-state index contributed by atoms with van der Waals surface area (Å²) in [6.45, 7) is 0. The summed E-state index contributed by atoms with van der Waals surface area (Å²) in [5.41, 5.74) is 10.6. The van der Waals surface area contributed by atoms with Crippen LogP contribution in [0.1, 0.15) is 22.9 Å². The van der Waals surface area contributed by atoms with Crippen LogP contribution in [0, 0.1) is 0 Å². The molecule has 3 heterocycles. The average molecular weight is 644 g/mol. The Balaban J connectivity index is 1.17.